The normalized spacial score (nSPS) is 10.7. The number of benzene rings is 3. The van der Waals surface area contributed by atoms with E-state index in [1.54, 1.807) is 42.5 Å². The van der Waals surface area contributed by atoms with E-state index < -0.39 is 0 Å². The van der Waals surface area contributed by atoms with Crippen LogP contribution in [0.15, 0.2) is 88.1 Å². The highest BCUT2D eigenvalue weighted by molar-refractivity contribution is 6.07. The SMILES string of the molecule is N#Cc1cc(=O)c2cccc(NC(=O)c3ccc(OCCCCCCCCc4ccccc4)cc3)c2o1. The summed E-state index contributed by atoms with van der Waals surface area (Å²) in [5.74, 6) is 0.259. The van der Waals surface area contributed by atoms with Crippen LogP contribution >= 0.6 is 0 Å². The molecule has 0 atom stereocenters. The number of anilines is 1. The van der Waals surface area contributed by atoms with E-state index >= 15 is 0 Å². The summed E-state index contributed by atoms with van der Waals surface area (Å²) in [6.07, 6.45) is 8.23. The van der Waals surface area contributed by atoms with Crippen molar-refractivity contribution in [3.8, 4) is 11.8 Å². The zero-order chi connectivity index (χ0) is 25.9. The molecule has 0 spiro atoms. The first-order valence-electron chi connectivity index (χ1n) is 12.7. The van der Waals surface area contributed by atoms with Crippen LogP contribution in [0.2, 0.25) is 0 Å². The second-order valence-electron chi connectivity index (χ2n) is 8.95. The predicted molar refractivity (Wildman–Crippen MR) is 145 cm³/mol. The highest BCUT2D eigenvalue weighted by Gasteiger charge is 2.13. The molecule has 37 heavy (non-hydrogen) atoms. The lowest BCUT2D eigenvalue weighted by Gasteiger charge is -2.09. The van der Waals surface area contributed by atoms with Gasteiger partial charge in [0.1, 0.15) is 11.8 Å². The first-order valence-corrected chi connectivity index (χ1v) is 12.7. The molecule has 0 aliphatic rings. The Hall–Kier alpha value is -4.37. The van der Waals surface area contributed by atoms with Gasteiger partial charge in [-0.3, -0.25) is 9.59 Å². The van der Waals surface area contributed by atoms with Gasteiger partial charge in [0.15, 0.2) is 11.0 Å². The number of carbonyl (C=O) groups excluding carboxylic acids is 1. The zero-order valence-electron chi connectivity index (χ0n) is 20.7. The minimum absolute atomic E-state index is 0.108. The van der Waals surface area contributed by atoms with Gasteiger partial charge in [-0.15, -0.1) is 0 Å². The van der Waals surface area contributed by atoms with Crippen LogP contribution in [0.3, 0.4) is 0 Å². The van der Waals surface area contributed by atoms with E-state index in [4.69, 9.17) is 14.4 Å². The molecule has 0 fully saturated rings. The number of rotatable bonds is 12. The van der Waals surface area contributed by atoms with Gasteiger partial charge in [0.25, 0.3) is 5.91 Å². The number of ether oxygens (including phenoxy) is 1. The largest absolute Gasteiger partial charge is 0.494 e. The number of hydrogen-bond donors (Lipinski definition) is 1. The van der Waals surface area contributed by atoms with Crippen molar-refractivity contribution in [2.45, 2.75) is 44.9 Å². The number of para-hydroxylation sites is 1. The second kappa shape index (κ2) is 13.1. The van der Waals surface area contributed by atoms with E-state index in [1.165, 1.54) is 31.2 Å². The number of amides is 1. The third kappa shape index (κ3) is 7.31. The minimum Gasteiger partial charge on any atom is -0.494 e. The summed E-state index contributed by atoms with van der Waals surface area (Å²) in [7, 11) is 0. The van der Waals surface area contributed by atoms with Crippen LogP contribution in [0.4, 0.5) is 5.69 Å². The summed E-state index contributed by atoms with van der Waals surface area (Å²) in [6.45, 7) is 0.645. The van der Waals surface area contributed by atoms with Crippen LogP contribution in [0.5, 0.6) is 5.75 Å². The van der Waals surface area contributed by atoms with Crippen molar-refractivity contribution in [1.82, 2.24) is 0 Å². The fourth-order valence-electron chi connectivity index (χ4n) is 4.20. The molecule has 6 nitrogen and oxygen atoms in total. The van der Waals surface area contributed by atoms with Gasteiger partial charge in [0, 0.05) is 11.6 Å². The minimum atomic E-state index is -0.351. The molecular formula is C31H30N2O4. The standard InChI is InChI=1S/C31H30N2O4/c32-22-26-21-29(34)27-14-10-15-28(30(27)37-26)33-31(35)24-16-18-25(19-17-24)36-20-9-4-2-1-3-6-11-23-12-7-5-8-13-23/h5,7-8,10,12-19,21H,1-4,6,9,11,20H2,(H,33,35). The molecule has 1 amide bonds. The molecule has 0 bridgehead atoms. The molecule has 1 aromatic heterocycles. The van der Waals surface area contributed by atoms with Crippen molar-refractivity contribution < 1.29 is 13.9 Å². The van der Waals surface area contributed by atoms with Crippen LogP contribution < -0.4 is 15.5 Å². The smallest absolute Gasteiger partial charge is 0.255 e. The Morgan fingerprint density at radius 3 is 2.35 bits per heavy atom. The Labute approximate surface area is 216 Å². The molecule has 4 rings (SSSR count). The van der Waals surface area contributed by atoms with Gasteiger partial charge in [-0.05, 0) is 61.2 Å². The first kappa shape index (κ1) is 25.7. The van der Waals surface area contributed by atoms with Crippen LogP contribution in [0.1, 0.15) is 60.2 Å². The summed E-state index contributed by atoms with van der Waals surface area (Å²) < 4.78 is 11.3. The van der Waals surface area contributed by atoms with E-state index in [2.05, 4.69) is 35.6 Å². The van der Waals surface area contributed by atoms with Crippen molar-refractivity contribution in [1.29, 1.82) is 5.26 Å². The number of aryl methyl sites for hydroxylation is 1. The van der Waals surface area contributed by atoms with E-state index in [-0.39, 0.29) is 22.7 Å². The van der Waals surface area contributed by atoms with E-state index in [0.29, 0.717) is 29.0 Å². The fourth-order valence-corrected chi connectivity index (χ4v) is 4.20. The van der Waals surface area contributed by atoms with Crippen molar-refractivity contribution in [3.63, 3.8) is 0 Å². The number of fused-ring (bicyclic) bond motifs is 1. The Balaban J connectivity index is 1.19. The number of unbranched alkanes of at least 4 members (excludes halogenated alkanes) is 5. The van der Waals surface area contributed by atoms with Crippen LogP contribution in [-0.4, -0.2) is 12.5 Å². The van der Waals surface area contributed by atoms with Gasteiger partial charge in [-0.2, -0.15) is 5.26 Å². The topological polar surface area (TPSA) is 92.3 Å². The van der Waals surface area contributed by atoms with Gasteiger partial charge in [0.2, 0.25) is 5.76 Å². The summed E-state index contributed by atoms with van der Waals surface area (Å²) in [5, 5.41) is 12.2. The Morgan fingerprint density at radius 2 is 1.59 bits per heavy atom. The first-order chi connectivity index (χ1) is 18.1. The van der Waals surface area contributed by atoms with Gasteiger partial charge in [-0.1, -0.05) is 62.1 Å². The molecule has 1 heterocycles. The third-order valence-electron chi connectivity index (χ3n) is 6.20. The number of nitriles is 1. The average Bonchev–Trinajstić information content (AvgIpc) is 2.93. The van der Waals surface area contributed by atoms with Crippen molar-refractivity contribution in [3.05, 3.63) is 106 Å². The number of nitrogens with one attached hydrogen (secondary N) is 1. The molecule has 4 aromatic rings. The molecule has 0 radical (unpaired) electrons. The van der Waals surface area contributed by atoms with Gasteiger partial charge in [-0.25, -0.2) is 0 Å². The lowest BCUT2D eigenvalue weighted by Crippen LogP contribution is -2.13. The highest BCUT2D eigenvalue weighted by atomic mass is 16.5. The molecule has 0 unspecified atom stereocenters. The molecule has 0 saturated carbocycles. The molecule has 1 N–H and O–H groups in total. The molecule has 3 aromatic carbocycles. The number of carbonyl (C=O) groups is 1. The van der Waals surface area contributed by atoms with Crippen LogP contribution in [0.25, 0.3) is 11.0 Å². The number of nitrogens with zero attached hydrogens (tertiary/aromatic N) is 1. The van der Waals surface area contributed by atoms with Gasteiger partial charge < -0.3 is 14.5 Å². The Kier molecular flexibility index (Phi) is 9.09. The summed E-state index contributed by atoms with van der Waals surface area (Å²) in [5.41, 5.74) is 2.03. The zero-order valence-corrected chi connectivity index (χ0v) is 20.7. The highest BCUT2D eigenvalue weighted by Crippen LogP contribution is 2.23. The van der Waals surface area contributed by atoms with Gasteiger partial charge in [0.05, 0.1) is 17.7 Å². The van der Waals surface area contributed by atoms with E-state index in [9.17, 15) is 9.59 Å². The maximum Gasteiger partial charge on any atom is 0.255 e. The van der Waals surface area contributed by atoms with Crippen LogP contribution in [0, 0.1) is 11.3 Å². The summed E-state index contributed by atoms with van der Waals surface area (Å²) in [4.78, 5) is 25.0. The molecule has 188 valence electrons. The monoisotopic (exact) mass is 494 g/mol. The lowest BCUT2D eigenvalue weighted by molar-refractivity contribution is 0.102. The molecule has 0 aliphatic heterocycles. The quantitative estimate of drug-likeness (QED) is 0.217. The van der Waals surface area contributed by atoms with Crippen LogP contribution in [-0.2, 0) is 6.42 Å². The molecule has 0 saturated heterocycles. The van der Waals surface area contributed by atoms with Crippen molar-refractivity contribution in [2.75, 3.05) is 11.9 Å². The predicted octanol–water partition coefficient (Wildman–Crippen LogP) is 6.88. The molecule has 6 heteroatoms. The van der Waals surface area contributed by atoms with Gasteiger partial charge >= 0.3 is 0 Å². The Bertz CT molecular complexity index is 1420. The van der Waals surface area contributed by atoms with Crippen molar-refractivity contribution in [2.24, 2.45) is 0 Å². The maximum atomic E-state index is 12.8. The molecular weight excluding hydrogens is 464 g/mol. The van der Waals surface area contributed by atoms with E-state index in [0.717, 1.165) is 25.3 Å². The average molecular weight is 495 g/mol. The summed E-state index contributed by atoms with van der Waals surface area (Å²) in [6, 6.07) is 25.4. The fraction of sp³-hybridized carbons (Fsp3) is 0.258. The summed E-state index contributed by atoms with van der Waals surface area (Å²) >= 11 is 0. The lowest BCUT2D eigenvalue weighted by atomic mass is 10.1. The molecule has 0 aliphatic carbocycles. The Morgan fingerprint density at radius 1 is 0.865 bits per heavy atom. The van der Waals surface area contributed by atoms with E-state index in [1.807, 2.05) is 6.07 Å². The maximum absolute atomic E-state index is 12.8. The second-order valence-corrected chi connectivity index (χ2v) is 8.95. The van der Waals surface area contributed by atoms with Crippen molar-refractivity contribution >= 4 is 22.6 Å². The third-order valence-corrected chi connectivity index (χ3v) is 6.20. The number of hydrogen-bond acceptors (Lipinski definition) is 5.